The second-order valence-corrected chi connectivity index (χ2v) is 11.1. The van der Waals surface area contributed by atoms with Gasteiger partial charge in [0, 0.05) is 30.9 Å². The topological polar surface area (TPSA) is 113 Å². The van der Waals surface area contributed by atoms with Crippen LogP contribution < -0.4 is 10.0 Å². The van der Waals surface area contributed by atoms with Crippen LogP contribution in [0.1, 0.15) is 32.3 Å². The maximum absolute atomic E-state index is 12.5. The van der Waals surface area contributed by atoms with Gasteiger partial charge < -0.3 is 5.32 Å². The van der Waals surface area contributed by atoms with Crippen LogP contribution in [-0.4, -0.2) is 46.2 Å². The molecule has 1 aliphatic carbocycles. The van der Waals surface area contributed by atoms with Crippen LogP contribution in [0, 0.1) is 0 Å². The second kappa shape index (κ2) is 9.95. The van der Waals surface area contributed by atoms with Gasteiger partial charge in [0.2, 0.25) is 26.0 Å². The van der Waals surface area contributed by atoms with E-state index < -0.39 is 26.0 Å². The third-order valence-electron chi connectivity index (χ3n) is 4.96. The summed E-state index contributed by atoms with van der Waals surface area (Å²) in [7, 11) is -7.14. The van der Waals surface area contributed by atoms with Crippen molar-refractivity contribution < 1.29 is 21.6 Å². The first-order chi connectivity index (χ1) is 15.2. The molecule has 0 spiro atoms. The molecule has 1 fully saturated rings. The molecule has 0 radical (unpaired) electrons. The van der Waals surface area contributed by atoms with E-state index in [0.717, 1.165) is 12.8 Å². The van der Waals surface area contributed by atoms with Crippen molar-refractivity contribution in [3.05, 3.63) is 60.2 Å². The third-order valence-corrected chi connectivity index (χ3v) is 8.54. The summed E-state index contributed by atoms with van der Waals surface area (Å²) in [6, 6.07) is 12.3. The van der Waals surface area contributed by atoms with Crippen LogP contribution in [0.5, 0.6) is 0 Å². The highest BCUT2D eigenvalue weighted by atomic mass is 32.2. The number of carbonyl (C=O) groups excluding carboxylic acids is 1. The normalized spacial score (nSPS) is 14.7. The first-order valence-corrected chi connectivity index (χ1v) is 13.3. The average Bonchev–Trinajstić information content (AvgIpc) is 3.57. The van der Waals surface area contributed by atoms with Crippen molar-refractivity contribution in [1.82, 2.24) is 9.03 Å². The van der Waals surface area contributed by atoms with Crippen molar-refractivity contribution >= 4 is 37.7 Å². The lowest BCUT2D eigenvalue weighted by atomic mass is 10.2. The number of nitrogens with zero attached hydrogens (tertiary/aromatic N) is 1. The van der Waals surface area contributed by atoms with Gasteiger partial charge >= 0.3 is 0 Å². The number of hydrogen-bond donors (Lipinski definition) is 2. The molecule has 10 heteroatoms. The molecule has 1 saturated carbocycles. The summed E-state index contributed by atoms with van der Waals surface area (Å²) < 4.78 is 53.7. The van der Waals surface area contributed by atoms with E-state index in [1.54, 1.807) is 44.2 Å². The molecule has 3 rings (SSSR count). The molecule has 8 nitrogen and oxygen atoms in total. The predicted molar refractivity (Wildman–Crippen MR) is 124 cm³/mol. The number of carbonyl (C=O) groups is 1. The van der Waals surface area contributed by atoms with Crippen molar-refractivity contribution in [2.24, 2.45) is 0 Å². The van der Waals surface area contributed by atoms with Crippen molar-refractivity contribution in [1.29, 1.82) is 0 Å². The quantitative estimate of drug-likeness (QED) is 0.511. The molecular weight excluding hydrogens is 450 g/mol. The van der Waals surface area contributed by atoms with Crippen LogP contribution in [-0.2, 0) is 24.8 Å². The largest absolute Gasteiger partial charge is 0.322 e. The van der Waals surface area contributed by atoms with Gasteiger partial charge in [0.25, 0.3) is 0 Å². The van der Waals surface area contributed by atoms with E-state index in [0.29, 0.717) is 24.3 Å². The van der Waals surface area contributed by atoms with Crippen molar-refractivity contribution in [2.75, 3.05) is 18.4 Å². The highest BCUT2D eigenvalue weighted by Crippen LogP contribution is 2.23. The molecule has 0 aliphatic heterocycles. The number of hydrogen-bond acceptors (Lipinski definition) is 5. The van der Waals surface area contributed by atoms with E-state index in [1.165, 1.54) is 34.6 Å². The molecule has 32 heavy (non-hydrogen) atoms. The first kappa shape index (κ1) is 24.1. The number of amides is 1. The summed E-state index contributed by atoms with van der Waals surface area (Å²) >= 11 is 0. The standard InChI is InChI=1S/C22H27N3O5S2/c1-3-25(4-2)32(29,30)20-13-8-17(9-14-20)10-15-22(26)23-19-6-5-7-21(16-19)31(27,28)24-18-11-12-18/h5-10,13-16,18,24H,3-4,11-12H2,1-2H3,(H,23,26)/b15-10+. The van der Waals surface area contributed by atoms with Gasteiger partial charge in [-0.3, -0.25) is 4.79 Å². The third kappa shape index (κ3) is 6.04. The summed E-state index contributed by atoms with van der Waals surface area (Å²) in [5, 5.41) is 2.64. The molecule has 0 atom stereocenters. The minimum absolute atomic E-state index is 0.00502. The number of benzene rings is 2. The van der Waals surface area contributed by atoms with Crippen LogP contribution >= 0.6 is 0 Å². The summed E-state index contributed by atoms with van der Waals surface area (Å²) in [6.45, 7) is 4.34. The first-order valence-electron chi connectivity index (χ1n) is 10.4. The van der Waals surface area contributed by atoms with Gasteiger partial charge in [-0.05, 0) is 54.8 Å². The smallest absolute Gasteiger partial charge is 0.248 e. The SMILES string of the molecule is CCN(CC)S(=O)(=O)c1ccc(/C=C/C(=O)Nc2cccc(S(=O)(=O)NC3CC3)c2)cc1. The fourth-order valence-corrected chi connectivity index (χ4v) is 5.86. The average molecular weight is 478 g/mol. The molecule has 1 aliphatic rings. The Morgan fingerprint density at radius 1 is 1.00 bits per heavy atom. The van der Waals surface area contributed by atoms with Gasteiger partial charge in [-0.25, -0.2) is 21.6 Å². The molecule has 0 saturated heterocycles. The van der Waals surface area contributed by atoms with Gasteiger partial charge in [0.1, 0.15) is 0 Å². The van der Waals surface area contributed by atoms with E-state index in [-0.39, 0.29) is 15.8 Å². The summed E-state index contributed by atoms with van der Waals surface area (Å²) in [6.07, 6.45) is 4.53. The number of nitrogens with one attached hydrogen (secondary N) is 2. The molecule has 2 N–H and O–H groups in total. The van der Waals surface area contributed by atoms with Gasteiger partial charge in [-0.2, -0.15) is 4.31 Å². The molecule has 0 bridgehead atoms. The molecule has 172 valence electrons. The van der Waals surface area contributed by atoms with Crippen LogP contribution in [0.2, 0.25) is 0 Å². The minimum Gasteiger partial charge on any atom is -0.322 e. The molecular formula is C22H27N3O5S2. The maximum Gasteiger partial charge on any atom is 0.248 e. The lowest BCUT2D eigenvalue weighted by molar-refractivity contribution is -0.111. The summed E-state index contributed by atoms with van der Waals surface area (Å²) in [5.74, 6) is -0.436. The molecule has 0 unspecified atom stereocenters. The zero-order chi connectivity index (χ0) is 23.4. The van der Waals surface area contributed by atoms with Crippen LogP contribution in [0.25, 0.3) is 6.08 Å². The van der Waals surface area contributed by atoms with Crippen LogP contribution in [0.4, 0.5) is 5.69 Å². The fourth-order valence-electron chi connectivity index (χ4n) is 3.05. The summed E-state index contributed by atoms with van der Waals surface area (Å²) in [4.78, 5) is 12.6. The summed E-state index contributed by atoms with van der Waals surface area (Å²) in [5.41, 5.74) is 1.02. The highest BCUT2D eigenvalue weighted by molar-refractivity contribution is 7.89. The Hall–Kier alpha value is -2.53. The Balaban J connectivity index is 1.65. The predicted octanol–water partition coefficient (Wildman–Crippen LogP) is 2.81. The Morgan fingerprint density at radius 3 is 2.25 bits per heavy atom. The molecule has 0 heterocycles. The van der Waals surface area contributed by atoms with Gasteiger partial charge in [0.15, 0.2) is 0 Å². The van der Waals surface area contributed by atoms with E-state index in [2.05, 4.69) is 10.0 Å². The zero-order valence-electron chi connectivity index (χ0n) is 18.0. The number of anilines is 1. The van der Waals surface area contributed by atoms with Crippen molar-refractivity contribution in [3.8, 4) is 0 Å². The van der Waals surface area contributed by atoms with Crippen molar-refractivity contribution in [2.45, 2.75) is 42.5 Å². The van der Waals surface area contributed by atoms with E-state index >= 15 is 0 Å². The minimum atomic E-state index is -3.61. The maximum atomic E-state index is 12.5. The fraction of sp³-hybridized carbons (Fsp3) is 0.318. The van der Waals surface area contributed by atoms with E-state index in [4.69, 9.17) is 0 Å². The van der Waals surface area contributed by atoms with E-state index in [1.807, 2.05) is 0 Å². The number of sulfonamides is 2. The molecule has 1 amide bonds. The zero-order valence-corrected chi connectivity index (χ0v) is 19.6. The Labute approximate surface area is 189 Å². The molecule has 2 aromatic rings. The molecule has 2 aromatic carbocycles. The lowest BCUT2D eigenvalue weighted by Crippen LogP contribution is -2.30. The van der Waals surface area contributed by atoms with E-state index in [9.17, 15) is 21.6 Å². The van der Waals surface area contributed by atoms with Crippen LogP contribution in [0.3, 0.4) is 0 Å². The second-order valence-electron chi connectivity index (χ2n) is 7.40. The Morgan fingerprint density at radius 2 is 1.66 bits per heavy atom. The number of rotatable bonds is 10. The Kier molecular flexibility index (Phi) is 7.50. The van der Waals surface area contributed by atoms with Crippen LogP contribution in [0.15, 0.2) is 64.4 Å². The highest BCUT2D eigenvalue weighted by Gasteiger charge is 2.28. The van der Waals surface area contributed by atoms with Gasteiger partial charge in [-0.15, -0.1) is 0 Å². The van der Waals surface area contributed by atoms with Gasteiger partial charge in [0.05, 0.1) is 9.79 Å². The molecule has 0 aromatic heterocycles. The Bertz CT molecular complexity index is 1200. The monoisotopic (exact) mass is 477 g/mol. The van der Waals surface area contributed by atoms with Gasteiger partial charge in [-0.1, -0.05) is 32.0 Å². The van der Waals surface area contributed by atoms with Crippen molar-refractivity contribution in [3.63, 3.8) is 0 Å². The lowest BCUT2D eigenvalue weighted by Gasteiger charge is -2.18.